The molecule has 0 radical (unpaired) electrons. The predicted octanol–water partition coefficient (Wildman–Crippen LogP) is 4.49. The van der Waals surface area contributed by atoms with E-state index in [0.29, 0.717) is 53.3 Å². The average Bonchev–Trinajstić information content (AvgIpc) is 2.81. The third kappa shape index (κ3) is 6.31. The van der Waals surface area contributed by atoms with E-state index in [0.717, 1.165) is 0 Å². The van der Waals surface area contributed by atoms with Gasteiger partial charge in [0.1, 0.15) is 22.4 Å². The van der Waals surface area contributed by atoms with Crippen molar-refractivity contribution in [2.75, 3.05) is 19.0 Å². The number of thiocarbonyl (C=S) groups is 1. The van der Waals surface area contributed by atoms with Crippen molar-refractivity contribution in [1.82, 2.24) is 5.32 Å². The van der Waals surface area contributed by atoms with E-state index in [1.807, 2.05) is 0 Å². The molecule has 10 heteroatoms. The fourth-order valence-electron chi connectivity index (χ4n) is 3.75. The third-order valence-electron chi connectivity index (χ3n) is 5.29. The lowest BCUT2D eigenvalue weighted by Gasteiger charge is -2.26. The lowest BCUT2D eigenvalue weighted by Crippen LogP contribution is -2.32. The minimum atomic E-state index is -0.856. The number of nitrogens with two attached hydrogens (primary N) is 1. The fourth-order valence-corrected chi connectivity index (χ4v) is 3.93. The van der Waals surface area contributed by atoms with Gasteiger partial charge in [-0.2, -0.15) is 5.26 Å². The number of ether oxygens (including phenoxy) is 3. The van der Waals surface area contributed by atoms with Crippen LogP contribution in [0.15, 0.2) is 24.3 Å². The van der Waals surface area contributed by atoms with Crippen molar-refractivity contribution in [2.45, 2.75) is 51.8 Å². The molecule has 3 rings (SSSR count). The van der Waals surface area contributed by atoms with Crippen LogP contribution in [0.3, 0.4) is 0 Å². The zero-order valence-electron chi connectivity index (χ0n) is 20.2. The van der Waals surface area contributed by atoms with Crippen LogP contribution < -0.4 is 25.8 Å². The Balaban J connectivity index is 1.90. The van der Waals surface area contributed by atoms with Gasteiger partial charge in [0.15, 0.2) is 11.5 Å². The zero-order valence-corrected chi connectivity index (χ0v) is 21.0. The van der Waals surface area contributed by atoms with Gasteiger partial charge in [-0.05, 0) is 63.4 Å². The number of hydrogen-bond donors (Lipinski definition) is 3. The number of amides is 1. The van der Waals surface area contributed by atoms with Crippen LogP contribution in [0.2, 0.25) is 0 Å². The van der Waals surface area contributed by atoms with E-state index in [-0.39, 0.29) is 17.1 Å². The number of carbonyl (C=O) groups is 1. The van der Waals surface area contributed by atoms with Crippen molar-refractivity contribution in [3.8, 4) is 17.6 Å². The second-order valence-electron chi connectivity index (χ2n) is 9.06. The zero-order chi connectivity index (χ0) is 25.8. The summed E-state index contributed by atoms with van der Waals surface area (Å²) in [6.45, 7) is 5.83. The number of hydrogen-bond acceptors (Lipinski definition) is 7. The van der Waals surface area contributed by atoms with Crippen molar-refractivity contribution >= 4 is 29.0 Å². The van der Waals surface area contributed by atoms with E-state index in [2.05, 4.69) is 16.7 Å². The highest BCUT2D eigenvalue weighted by Crippen LogP contribution is 2.40. The number of nitriles is 1. The molecule has 1 aliphatic heterocycles. The summed E-state index contributed by atoms with van der Waals surface area (Å²) in [5.41, 5.74) is 7.47. The van der Waals surface area contributed by atoms with Crippen molar-refractivity contribution in [1.29, 1.82) is 5.26 Å². The number of anilines is 1. The molecule has 0 saturated carbocycles. The first-order valence-electron chi connectivity index (χ1n) is 11.1. The molecular formula is C25H29FN4O4S. The van der Waals surface area contributed by atoms with Crippen LogP contribution >= 0.6 is 12.2 Å². The van der Waals surface area contributed by atoms with Crippen molar-refractivity contribution in [3.63, 3.8) is 0 Å². The molecule has 2 aromatic rings. The van der Waals surface area contributed by atoms with E-state index in [1.54, 1.807) is 39.0 Å². The van der Waals surface area contributed by atoms with Gasteiger partial charge in [-0.1, -0.05) is 12.2 Å². The molecule has 1 amide bonds. The van der Waals surface area contributed by atoms with Gasteiger partial charge in [-0.3, -0.25) is 0 Å². The van der Waals surface area contributed by atoms with Crippen LogP contribution in [-0.2, 0) is 17.7 Å². The number of alkyl carbamates (subject to hydrolysis) is 1. The molecule has 0 spiro atoms. The Morgan fingerprint density at radius 1 is 1.37 bits per heavy atom. The fraction of sp³-hybridized carbons (Fsp3) is 0.400. The summed E-state index contributed by atoms with van der Waals surface area (Å²) >= 11 is 5.26. The number of fused-ring (bicyclic) bond motifs is 1. The summed E-state index contributed by atoms with van der Waals surface area (Å²) in [5, 5.41) is 15.3. The van der Waals surface area contributed by atoms with Crippen molar-refractivity contribution in [2.24, 2.45) is 5.73 Å². The maximum absolute atomic E-state index is 15.5. The molecule has 1 heterocycles. The summed E-state index contributed by atoms with van der Waals surface area (Å²) < 4.78 is 31.9. The summed E-state index contributed by atoms with van der Waals surface area (Å²) in [6.07, 6.45) is 0.587. The molecule has 1 unspecified atom stereocenters. The predicted molar refractivity (Wildman–Crippen MR) is 134 cm³/mol. The van der Waals surface area contributed by atoms with Gasteiger partial charge in [-0.25, -0.2) is 9.18 Å². The maximum atomic E-state index is 15.5. The molecular weight excluding hydrogens is 471 g/mol. The minimum absolute atomic E-state index is 0.0282. The van der Waals surface area contributed by atoms with E-state index in [1.165, 1.54) is 13.2 Å². The van der Waals surface area contributed by atoms with Gasteiger partial charge in [-0.15, -0.1) is 0 Å². The van der Waals surface area contributed by atoms with Gasteiger partial charge in [0.05, 0.1) is 25.3 Å². The first-order valence-corrected chi connectivity index (χ1v) is 11.5. The lowest BCUT2D eigenvalue weighted by molar-refractivity contribution is 0.0523. The first-order chi connectivity index (χ1) is 16.5. The smallest absolute Gasteiger partial charge is 0.407 e. The largest absolute Gasteiger partial charge is 0.493 e. The van der Waals surface area contributed by atoms with Crippen molar-refractivity contribution < 1.29 is 23.4 Å². The second-order valence-corrected chi connectivity index (χ2v) is 9.53. The quantitative estimate of drug-likeness (QED) is 0.476. The van der Waals surface area contributed by atoms with E-state index < -0.39 is 23.6 Å². The molecule has 8 nitrogen and oxygen atoms in total. The summed E-state index contributed by atoms with van der Waals surface area (Å²) in [4.78, 5) is 12.1. The molecule has 0 fully saturated rings. The maximum Gasteiger partial charge on any atom is 0.407 e. The summed E-state index contributed by atoms with van der Waals surface area (Å²) in [7, 11) is 1.49. The number of halogens is 1. The molecule has 35 heavy (non-hydrogen) atoms. The molecule has 0 aromatic heterocycles. The monoisotopic (exact) mass is 500 g/mol. The van der Waals surface area contributed by atoms with Crippen molar-refractivity contribution in [3.05, 3.63) is 52.3 Å². The van der Waals surface area contributed by atoms with E-state index in [4.69, 9.17) is 32.2 Å². The summed E-state index contributed by atoms with van der Waals surface area (Å²) in [5.74, 6) is 0.350. The SMILES string of the molecule is COc1cc(C(Nc2ccc(C#N)c(CNC(=O)OC(C)(C)C)c2)C(N)=S)c(F)c2c1OCCC2. The Hall–Kier alpha value is -3.58. The second kappa shape index (κ2) is 10.8. The van der Waals surface area contributed by atoms with E-state index in [9.17, 15) is 10.1 Å². The van der Waals surface area contributed by atoms with E-state index >= 15 is 4.39 Å². The molecule has 0 bridgehead atoms. The Bertz CT molecular complexity index is 1170. The highest BCUT2D eigenvalue weighted by molar-refractivity contribution is 7.80. The Morgan fingerprint density at radius 3 is 2.74 bits per heavy atom. The molecule has 0 aliphatic carbocycles. The van der Waals surface area contributed by atoms with Crippen LogP contribution in [0.5, 0.6) is 11.5 Å². The van der Waals surface area contributed by atoms with Crippen LogP contribution in [0.1, 0.15) is 55.5 Å². The molecule has 2 aromatic carbocycles. The number of carbonyl (C=O) groups excluding carboxylic acids is 1. The minimum Gasteiger partial charge on any atom is -0.493 e. The van der Waals surface area contributed by atoms with Gasteiger partial charge in [0.25, 0.3) is 0 Å². The molecule has 1 aliphatic rings. The average molecular weight is 501 g/mol. The van der Waals surface area contributed by atoms with Crippen LogP contribution in [-0.4, -0.2) is 30.4 Å². The van der Waals surface area contributed by atoms with Gasteiger partial charge in [0, 0.05) is 23.4 Å². The van der Waals surface area contributed by atoms with Gasteiger partial charge >= 0.3 is 6.09 Å². The Labute approximate surface area is 209 Å². The number of nitrogens with one attached hydrogen (secondary N) is 2. The van der Waals surface area contributed by atoms with Crippen LogP contribution in [0.25, 0.3) is 0 Å². The summed E-state index contributed by atoms with van der Waals surface area (Å²) in [6, 6.07) is 7.72. The number of methoxy groups -OCH3 is 1. The molecule has 0 saturated heterocycles. The Morgan fingerprint density at radius 2 is 2.11 bits per heavy atom. The Kier molecular flexibility index (Phi) is 8.02. The van der Waals surface area contributed by atoms with Gasteiger partial charge < -0.3 is 30.6 Å². The molecule has 4 N–H and O–H groups in total. The third-order valence-corrected chi connectivity index (χ3v) is 5.53. The lowest BCUT2D eigenvalue weighted by atomic mass is 9.96. The molecule has 186 valence electrons. The number of rotatable bonds is 7. The van der Waals surface area contributed by atoms with Gasteiger partial charge in [0.2, 0.25) is 0 Å². The van der Waals surface area contributed by atoms with Crippen LogP contribution in [0, 0.1) is 17.1 Å². The first kappa shape index (κ1) is 26.0. The normalized spacial score (nSPS) is 13.5. The van der Waals surface area contributed by atoms with Crippen LogP contribution in [0.4, 0.5) is 14.9 Å². The number of benzene rings is 2. The highest BCUT2D eigenvalue weighted by Gasteiger charge is 2.28. The topological polar surface area (TPSA) is 119 Å². The number of nitrogens with zero attached hydrogens (tertiary/aromatic N) is 1. The molecule has 1 atom stereocenters. The highest BCUT2D eigenvalue weighted by atomic mass is 32.1. The standard InChI is InChI=1S/C25H29FN4O4S/c1-25(2,3)34-24(31)29-13-15-10-16(8-7-14(15)12-27)30-21(23(28)35)18-11-19(32-4)22-17(20(18)26)6-5-9-33-22/h7-8,10-11,21,30H,5-6,9,13H2,1-4H3,(H2,28,35)(H,29,31).